The zero-order chi connectivity index (χ0) is 22.9. The van der Waals surface area contributed by atoms with E-state index < -0.39 is 6.04 Å². The molecule has 0 bridgehead atoms. The number of nitrogens with zero attached hydrogens (tertiary/aromatic N) is 1. The molecule has 0 heterocycles. The van der Waals surface area contributed by atoms with E-state index in [9.17, 15) is 9.59 Å². The van der Waals surface area contributed by atoms with Gasteiger partial charge in [-0.3, -0.25) is 9.59 Å². The molecular weight excluding hydrogens is 440 g/mol. The molecule has 1 saturated carbocycles. The summed E-state index contributed by atoms with van der Waals surface area (Å²) in [5.41, 5.74) is 3.28. The Morgan fingerprint density at radius 2 is 1.88 bits per heavy atom. The molecule has 1 unspecified atom stereocenters. The lowest BCUT2D eigenvalue weighted by molar-refractivity contribution is -0.139. The van der Waals surface area contributed by atoms with Gasteiger partial charge in [0, 0.05) is 23.4 Å². The van der Waals surface area contributed by atoms with Crippen molar-refractivity contribution in [2.24, 2.45) is 0 Å². The molecule has 3 rings (SSSR count). The summed E-state index contributed by atoms with van der Waals surface area (Å²) in [7, 11) is 0. The first-order valence-corrected chi connectivity index (χ1v) is 12.9. The molecule has 0 saturated heterocycles. The van der Waals surface area contributed by atoms with Crippen LogP contribution in [0, 0.1) is 6.92 Å². The highest BCUT2D eigenvalue weighted by Crippen LogP contribution is 2.21. The van der Waals surface area contributed by atoms with E-state index in [1.54, 1.807) is 16.7 Å². The van der Waals surface area contributed by atoms with E-state index >= 15 is 0 Å². The van der Waals surface area contributed by atoms with E-state index in [4.69, 9.17) is 11.6 Å². The number of aryl methyl sites for hydroxylation is 1. The number of thioether (sulfide) groups is 1. The predicted octanol–water partition coefficient (Wildman–Crippen LogP) is 5.75. The molecule has 0 aliphatic heterocycles. The molecule has 172 valence electrons. The first kappa shape index (κ1) is 24.7. The highest BCUT2D eigenvalue weighted by atomic mass is 35.5. The molecule has 0 spiro atoms. The minimum atomic E-state index is -0.518. The topological polar surface area (TPSA) is 49.4 Å². The molecule has 1 atom stereocenters. The van der Waals surface area contributed by atoms with Gasteiger partial charge in [-0.1, -0.05) is 67.3 Å². The lowest BCUT2D eigenvalue weighted by Gasteiger charge is -2.31. The van der Waals surface area contributed by atoms with Crippen molar-refractivity contribution in [3.63, 3.8) is 0 Å². The molecule has 6 heteroatoms. The van der Waals surface area contributed by atoms with Crippen molar-refractivity contribution < 1.29 is 9.59 Å². The van der Waals surface area contributed by atoms with E-state index in [2.05, 4.69) is 5.32 Å². The molecule has 1 fully saturated rings. The van der Waals surface area contributed by atoms with Gasteiger partial charge in [-0.15, -0.1) is 11.8 Å². The molecule has 0 aromatic heterocycles. The molecule has 1 aliphatic rings. The number of benzene rings is 2. The Morgan fingerprint density at radius 3 is 2.59 bits per heavy atom. The minimum absolute atomic E-state index is 0.0217. The summed E-state index contributed by atoms with van der Waals surface area (Å²) in [6, 6.07) is 15.4. The van der Waals surface area contributed by atoms with Crippen LogP contribution < -0.4 is 5.32 Å². The second-order valence-electron chi connectivity index (χ2n) is 8.59. The van der Waals surface area contributed by atoms with Gasteiger partial charge in [0.1, 0.15) is 6.04 Å². The Morgan fingerprint density at radius 1 is 1.12 bits per heavy atom. The molecule has 2 aromatic carbocycles. The van der Waals surface area contributed by atoms with Gasteiger partial charge in [0.05, 0.1) is 5.75 Å². The van der Waals surface area contributed by atoms with E-state index in [1.807, 2.05) is 62.4 Å². The number of hydrogen-bond donors (Lipinski definition) is 1. The van der Waals surface area contributed by atoms with Crippen LogP contribution in [0.4, 0.5) is 0 Å². The predicted molar refractivity (Wildman–Crippen MR) is 134 cm³/mol. The second kappa shape index (κ2) is 12.3. The van der Waals surface area contributed by atoms with Crippen LogP contribution in [0.25, 0.3) is 0 Å². The summed E-state index contributed by atoms with van der Waals surface area (Å²) < 4.78 is 0. The maximum atomic E-state index is 13.3. The Kier molecular flexibility index (Phi) is 9.49. The van der Waals surface area contributed by atoms with Crippen molar-refractivity contribution in [2.75, 3.05) is 5.75 Å². The summed E-state index contributed by atoms with van der Waals surface area (Å²) in [5.74, 6) is 0.942. The zero-order valence-corrected chi connectivity index (χ0v) is 20.6. The van der Waals surface area contributed by atoms with Gasteiger partial charge in [0.15, 0.2) is 0 Å². The number of nitrogens with one attached hydrogen (secondary N) is 1. The first-order chi connectivity index (χ1) is 15.4. The van der Waals surface area contributed by atoms with E-state index in [0.29, 0.717) is 23.1 Å². The van der Waals surface area contributed by atoms with Gasteiger partial charge < -0.3 is 10.2 Å². The van der Waals surface area contributed by atoms with Crippen molar-refractivity contribution in [3.05, 3.63) is 70.2 Å². The van der Waals surface area contributed by atoms with Crippen LogP contribution >= 0.6 is 23.4 Å². The molecule has 32 heavy (non-hydrogen) atoms. The number of hydrogen-bond acceptors (Lipinski definition) is 3. The maximum Gasteiger partial charge on any atom is 0.242 e. The Bertz CT molecular complexity index is 914. The van der Waals surface area contributed by atoms with Crippen LogP contribution in [0.15, 0.2) is 48.5 Å². The largest absolute Gasteiger partial charge is 0.352 e. The Labute approximate surface area is 201 Å². The summed E-state index contributed by atoms with van der Waals surface area (Å²) in [4.78, 5) is 28.0. The van der Waals surface area contributed by atoms with Crippen LogP contribution in [0.1, 0.15) is 55.7 Å². The third-order valence-corrected chi connectivity index (χ3v) is 7.33. The lowest BCUT2D eigenvalue weighted by Crippen LogP contribution is -2.50. The first-order valence-electron chi connectivity index (χ1n) is 11.4. The average Bonchev–Trinajstić information content (AvgIpc) is 2.78. The number of amides is 2. The second-order valence-corrected chi connectivity index (χ2v) is 10.0. The van der Waals surface area contributed by atoms with Crippen LogP contribution in [0.5, 0.6) is 0 Å². The molecule has 1 N–H and O–H groups in total. The van der Waals surface area contributed by atoms with Crippen LogP contribution in [0.3, 0.4) is 0 Å². The molecule has 2 amide bonds. The van der Waals surface area contributed by atoms with Crippen molar-refractivity contribution in [1.82, 2.24) is 10.2 Å². The van der Waals surface area contributed by atoms with Crippen LogP contribution in [-0.2, 0) is 21.9 Å². The van der Waals surface area contributed by atoms with E-state index in [1.165, 1.54) is 6.42 Å². The van der Waals surface area contributed by atoms with Gasteiger partial charge in [0.25, 0.3) is 0 Å². The third kappa shape index (κ3) is 7.28. The number of rotatable bonds is 9. The summed E-state index contributed by atoms with van der Waals surface area (Å²) in [5, 5.41) is 3.89. The highest BCUT2D eigenvalue weighted by Gasteiger charge is 2.28. The molecule has 2 aromatic rings. The Hall–Kier alpha value is -1.98. The average molecular weight is 473 g/mol. The fourth-order valence-electron chi connectivity index (χ4n) is 4.09. The molecule has 0 radical (unpaired) electrons. The number of halogens is 1. The Balaban J connectivity index is 1.66. The van der Waals surface area contributed by atoms with Crippen molar-refractivity contribution in [1.29, 1.82) is 0 Å². The van der Waals surface area contributed by atoms with Crippen LogP contribution in [0.2, 0.25) is 5.02 Å². The standard InChI is InChI=1S/C26H33ClN2O2S/c1-19-9-6-7-11-22(19)16-29(20(2)26(31)28-24-13-4-3-5-14-24)25(30)18-32-17-21-10-8-12-23(27)15-21/h6-12,15,20,24H,3-5,13-14,16-18H2,1-2H3,(H,28,31). The fraction of sp³-hybridized carbons (Fsp3) is 0.462. The summed E-state index contributed by atoms with van der Waals surface area (Å²) in [6.45, 7) is 4.32. The minimum Gasteiger partial charge on any atom is -0.352 e. The maximum absolute atomic E-state index is 13.3. The number of carbonyl (C=O) groups excluding carboxylic acids is 2. The van der Waals surface area contributed by atoms with Gasteiger partial charge in [-0.25, -0.2) is 0 Å². The third-order valence-electron chi connectivity index (χ3n) is 6.10. The smallest absolute Gasteiger partial charge is 0.242 e. The zero-order valence-electron chi connectivity index (χ0n) is 19.0. The van der Waals surface area contributed by atoms with Gasteiger partial charge in [-0.2, -0.15) is 0 Å². The van der Waals surface area contributed by atoms with Gasteiger partial charge in [0.2, 0.25) is 11.8 Å². The monoisotopic (exact) mass is 472 g/mol. The van der Waals surface area contributed by atoms with Gasteiger partial charge >= 0.3 is 0 Å². The van der Waals surface area contributed by atoms with Crippen molar-refractivity contribution in [2.45, 2.75) is 70.3 Å². The number of carbonyl (C=O) groups is 2. The lowest BCUT2D eigenvalue weighted by atomic mass is 9.95. The van der Waals surface area contributed by atoms with Crippen molar-refractivity contribution in [3.8, 4) is 0 Å². The summed E-state index contributed by atoms with van der Waals surface area (Å²) >= 11 is 7.62. The highest BCUT2D eigenvalue weighted by molar-refractivity contribution is 7.99. The van der Waals surface area contributed by atoms with Crippen molar-refractivity contribution >= 4 is 35.2 Å². The van der Waals surface area contributed by atoms with Gasteiger partial charge in [-0.05, 0) is 55.5 Å². The summed E-state index contributed by atoms with van der Waals surface area (Å²) in [6.07, 6.45) is 5.61. The quantitative estimate of drug-likeness (QED) is 0.505. The fourth-order valence-corrected chi connectivity index (χ4v) is 5.16. The molecular formula is C26H33ClN2O2S. The molecule has 4 nitrogen and oxygen atoms in total. The van der Waals surface area contributed by atoms with E-state index in [0.717, 1.165) is 42.4 Å². The molecule has 1 aliphatic carbocycles. The normalized spacial score (nSPS) is 15.2. The SMILES string of the molecule is Cc1ccccc1CN(C(=O)CSCc1cccc(Cl)c1)C(C)C(=O)NC1CCCCC1. The van der Waals surface area contributed by atoms with E-state index in [-0.39, 0.29) is 17.9 Å². The van der Waals surface area contributed by atoms with Crippen LogP contribution in [-0.4, -0.2) is 34.6 Å².